The van der Waals surface area contributed by atoms with Crippen molar-refractivity contribution in [1.82, 2.24) is 0 Å². The van der Waals surface area contributed by atoms with Gasteiger partial charge in [0.1, 0.15) is 0 Å². The van der Waals surface area contributed by atoms with E-state index in [4.69, 9.17) is 15.2 Å². The van der Waals surface area contributed by atoms with E-state index >= 15 is 0 Å². The van der Waals surface area contributed by atoms with Crippen LogP contribution in [0, 0.1) is 0 Å². The number of hydrogen-bond donors (Lipinski definition) is 1. The van der Waals surface area contributed by atoms with Crippen LogP contribution in [0.15, 0.2) is 22.7 Å². The molecule has 0 heterocycles. The van der Waals surface area contributed by atoms with Crippen molar-refractivity contribution in [2.45, 2.75) is 13.0 Å². The van der Waals surface area contributed by atoms with E-state index in [-0.39, 0.29) is 6.04 Å². The topological polar surface area (TPSA) is 47.7 Å². The third-order valence-corrected chi connectivity index (χ3v) is 3.45. The van der Waals surface area contributed by atoms with Gasteiger partial charge in [-0.3, -0.25) is 0 Å². The molecule has 0 radical (unpaired) electrons. The molecule has 0 aliphatic carbocycles. The first-order valence-corrected chi connectivity index (χ1v) is 7.17. The van der Waals surface area contributed by atoms with Gasteiger partial charge < -0.3 is 20.1 Å². The lowest BCUT2D eigenvalue weighted by atomic mass is 10.1. The van der Waals surface area contributed by atoms with Crippen LogP contribution in [-0.4, -0.2) is 40.5 Å². The molecule has 19 heavy (non-hydrogen) atoms. The van der Waals surface area contributed by atoms with Gasteiger partial charge in [0.25, 0.3) is 0 Å². The van der Waals surface area contributed by atoms with E-state index in [9.17, 15) is 0 Å². The maximum Gasteiger partial charge on any atom is 0.0637 e. The van der Waals surface area contributed by atoms with Gasteiger partial charge >= 0.3 is 0 Å². The molecule has 1 atom stereocenters. The zero-order valence-electron chi connectivity index (χ0n) is 11.9. The van der Waals surface area contributed by atoms with Crippen LogP contribution in [0.3, 0.4) is 0 Å². The summed E-state index contributed by atoms with van der Waals surface area (Å²) in [4.78, 5) is 2.25. The standard InChI is InChI=1S/C14H23BrN2O2/c1-11(16)13-5-4-12(15)10-14(13)17(6-8-18-2)7-9-19-3/h4-5,10-11H,6-9,16H2,1-3H3. The smallest absolute Gasteiger partial charge is 0.0637 e. The number of methoxy groups -OCH3 is 2. The Labute approximate surface area is 124 Å². The minimum absolute atomic E-state index is 0.00399. The average molecular weight is 331 g/mol. The minimum Gasteiger partial charge on any atom is -0.383 e. The van der Waals surface area contributed by atoms with Gasteiger partial charge in [0, 0.05) is 43.5 Å². The van der Waals surface area contributed by atoms with Gasteiger partial charge in [-0.2, -0.15) is 0 Å². The third kappa shape index (κ3) is 5.10. The molecular weight excluding hydrogens is 308 g/mol. The Kier molecular flexibility index (Phi) is 7.38. The molecule has 0 saturated carbocycles. The Hall–Kier alpha value is -0.620. The van der Waals surface area contributed by atoms with Gasteiger partial charge in [0.2, 0.25) is 0 Å². The van der Waals surface area contributed by atoms with Crippen LogP contribution in [0.1, 0.15) is 18.5 Å². The number of nitrogens with two attached hydrogens (primary N) is 1. The fourth-order valence-corrected chi connectivity index (χ4v) is 2.28. The Morgan fingerprint density at radius 3 is 2.26 bits per heavy atom. The average Bonchev–Trinajstić information content (AvgIpc) is 2.38. The molecule has 5 heteroatoms. The van der Waals surface area contributed by atoms with Gasteiger partial charge in [0.05, 0.1) is 13.2 Å². The summed E-state index contributed by atoms with van der Waals surface area (Å²) in [7, 11) is 3.42. The number of anilines is 1. The zero-order chi connectivity index (χ0) is 14.3. The van der Waals surface area contributed by atoms with E-state index in [1.807, 2.05) is 13.0 Å². The molecule has 0 spiro atoms. The van der Waals surface area contributed by atoms with E-state index in [1.165, 1.54) is 0 Å². The monoisotopic (exact) mass is 330 g/mol. The molecule has 2 N–H and O–H groups in total. The number of nitrogens with zero attached hydrogens (tertiary/aromatic N) is 1. The van der Waals surface area contributed by atoms with Crippen LogP contribution in [0.2, 0.25) is 0 Å². The number of ether oxygens (including phenoxy) is 2. The number of hydrogen-bond acceptors (Lipinski definition) is 4. The highest BCUT2D eigenvalue weighted by molar-refractivity contribution is 9.10. The number of benzene rings is 1. The van der Waals surface area contributed by atoms with Gasteiger partial charge in [-0.15, -0.1) is 0 Å². The summed E-state index contributed by atoms with van der Waals surface area (Å²) in [5.74, 6) is 0. The number of halogens is 1. The molecule has 0 aromatic heterocycles. The van der Waals surface area contributed by atoms with E-state index in [0.29, 0.717) is 13.2 Å². The minimum atomic E-state index is -0.00399. The molecule has 1 aromatic carbocycles. The fourth-order valence-electron chi connectivity index (χ4n) is 1.93. The molecule has 0 bridgehead atoms. The molecule has 1 aromatic rings. The van der Waals surface area contributed by atoms with Crippen molar-refractivity contribution >= 4 is 21.6 Å². The lowest BCUT2D eigenvalue weighted by Crippen LogP contribution is -2.32. The summed E-state index contributed by atoms with van der Waals surface area (Å²) in [6, 6.07) is 6.18. The molecule has 0 saturated heterocycles. The molecular formula is C14H23BrN2O2. The normalized spacial score (nSPS) is 12.5. The van der Waals surface area contributed by atoms with Crippen molar-refractivity contribution in [2.24, 2.45) is 5.73 Å². The molecule has 0 aliphatic heterocycles. The Morgan fingerprint density at radius 1 is 1.21 bits per heavy atom. The highest BCUT2D eigenvalue weighted by Crippen LogP contribution is 2.28. The lowest BCUT2D eigenvalue weighted by Gasteiger charge is -2.28. The van der Waals surface area contributed by atoms with Gasteiger partial charge in [0.15, 0.2) is 0 Å². The third-order valence-electron chi connectivity index (χ3n) is 2.95. The van der Waals surface area contributed by atoms with Crippen molar-refractivity contribution in [1.29, 1.82) is 0 Å². The summed E-state index contributed by atoms with van der Waals surface area (Å²) < 4.78 is 11.4. The highest BCUT2D eigenvalue weighted by Gasteiger charge is 2.14. The molecule has 1 unspecified atom stereocenters. The SMILES string of the molecule is COCCN(CCOC)c1cc(Br)ccc1C(C)N. The van der Waals surface area contributed by atoms with Crippen molar-refractivity contribution in [2.75, 3.05) is 45.4 Å². The van der Waals surface area contributed by atoms with Crippen LogP contribution >= 0.6 is 15.9 Å². The Balaban J connectivity index is 3.00. The van der Waals surface area contributed by atoms with Crippen LogP contribution in [0.4, 0.5) is 5.69 Å². The fraction of sp³-hybridized carbons (Fsp3) is 0.571. The number of rotatable bonds is 8. The quantitative estimate of drug-likeness (QED) is 0.795. The Bertz CT molecular complexity index is 378. The summed E-state index contributed by atoms with van der Waals surface area (Å²) in [5.41, 5.74) is 8.33. The maximum absolute atomic E-state index is 6.06. The zero-order valence-corrected chi connectivity index (χ0v) is 13.4. The largest absolute Gasteiger partial charge is 0.383 e. The second-order valence-corrected chi connectivity index (χ2v) is 5.38. The first-order chi connectivity index (χ1) is 9.10. The first-order valence-electron chi connectivity index (χ1n) is 6.38. The molecule has 0 fully saturated rings. The van der Waals surface area contributed by atoms with Gasteiger partial charge in [-0.1, -0.05) is 22.0 Å². The van der Waals surface area contributed by atoms with E-state index < -0.39 is 0 Å². The van der Waals surface area contributed by atoms with Crippen LogP contribution < -0.4 is 10.6 Å². The van der Waals surface area contributed by atoms with Crippen molar-refractivity contribution in [3.63, 3.8) is 0 Å². The van der Waals surface area contributed by atoms with E-state index in [1.54, 1.807) is 14.2 Å². The van der Waals surface area contributed by atoms with Gasteiger partial charge in [-0.05, 0) is 24.6 Å². The van der Waals surface area contributed by atoms with Crippen molar-refractivity contribution in [3.8, 4) is 0 Å². The van der Waals surface area contributed by atoms with Crippen LogP contribution in [0.5, 0.6) is 0 Å². The summed E-state index contributed by atoms with van der Waals surface area (Å²) in [6.45, 7) is 4.98. The predicted molar refractivity (Wildman–Crippen MR) is 82.7 cm³/mol. The highest BCUT2D eigenvalue weighted by atomic mass is 79.9. The van der Waals surface area contributed by atoms with E-state index in [0.717, 1.165) is 28.8 Å². The summed E-state index contributed by atoms with van der Waals surface area (Å²) in [6.07, 6.45) is 0. The van der Waals surface area contributed by atoms with Crippen molar-refractivity contribution < 1.29 is 9.47 Å². The summed E-state index contributed by atoms with van der Waals surface area (Å²) in [5, 5.41) is 0. The predicted octanol–water partition coefficient (Wildman–Crippen LogP) is 2.57. The molecule has 0 amide bonds. The second kappa shape index (κ2) is 8.53. The Morgan fingerprint density at radius 2 is 1.79 bits per heavy atom. The van der Waals surface area contributed by atoms with E-state index in [2.05, 4.69) is 33.0 Å². The maximum atomic E-state index is 6.06. The molecule has 4 nitrogen and oxygen atoms in total. The summed E-state index contributed by atoms with van der Waals surface area (Å²) >= 11 is 3.52. The molecule has 0 aliphatic rings. The van der Waals surface area contributed by atoms with Crippen molar-refractivity contribution in [3.05, 3.63) is 28.2 Å². The lowest BCUT2D eigenvalue weighted by molar-refractivity contribution is 0.190. The molecule has 1 rings (SSSR count). The van der Waals surface area contributed by atoms with Crippen LogP contribution in [0.25, 0.3) is 0 Å². The second-order valence-electron chi connectivity index (χ2n) is 4.46. The van der Waals surface area contributed by atoms with Gasteiger partial charge in [-0.25, -0.2) is 0 Å². The first kappa shape index (κ1) is 16.4. The van der Waals surface area contributed by atoms with Crippen LogP contribution in [-0.2, 0) is 9.47 Å². The molecule has 108 valence electrons.